The van der Waals surface area contributed by atoms with Gasteiger partial charge in [-0.05, 0) is 42.8 Å². The van der Waals surface area contributed by atoms with Crippen LogP contribution >= 0.6 is 0 Å². The van der Waals surface area contributed by atoms with Crippen molar-refractivity contribution in [1.82, 2.24) is 0 Å². The highest BCUT2D eigenvalue weighted by molar-refractivity contribution is 7.92. The molecule has 0 fully saturated rings. The highest BCUT2D eigenvalue weighted by Crippen LogP contribution is 2.36. The van der Waals surface area contributed by atoms with Gasteiger partial charge in [0, 0.05) is 13.1 Å². The SMILES string of the molecule is Cc1cc(F)ccc1S(=O)(=O)N(C)c1ccc2c(c1)OCO2. The number of aryl methyl sites for hydroxylation is 1. The van der Waals surface area contributed by atoms with Crippen LogP contribution < -0.4 is 13.8 Å². The molecule has 0 bridgehead atoms. The third-order valence-electron chi connectivity index (χ3n) is 3.50. The topological polar surface area (TPSA) is 55.8 Å². The molecule has 116 valence electrons. The zero-order valence-corrected chi connectivity index (χ0v) is 12.9. The second-order valence-electron chi connectivity index (χ2n) is 4.92. The summed E-state index contributed by atoms with van der Waals surface area (Å²) in [5.41, 5.74) is 0.792. The van der Waals surface area contributed by atoms with Gasteiger partial charge in [-0.15, -0.1) is 0 Å². The van der Waals surface area contributed by atoms with E-state index in [9.17, 15) is 12.8 Å². The maximum absolute atomic E-state index is 13.2. The van der Waals surface area contributed by atoms with Crippen molar-refractivity contribution in [3.05, 3.63) is 47.8 Å². The van der Waals surface area contributed by atoms with E-state index in [1.165, 1.54) is 19.2 Å². The molecule has 7 heteroatoms. The molecule has 1 heterocycles. The molecule has 1 aliphatic rings. The molecular formula is C15H14FNO4S. The van der Waals surface area contributed by atoms with Gasteiger partial charge in [0.2, 0.25) is 6.79 Å². The molecule has 5 nitrogen and oxygen atoms in total. The van der Waals surface area contributed by atoms with Crippen LogP contribution in [0, 0.1) is 12.7 Å². The van der Waals surface area contributed by atoms with E-state index in [1.807, 2.05) is 0 Å². The maximum Gasteiger partial charge on any atom is 0.264 e. The van der Waals surface area contributed by atoms with E-state index >= 15 is 0 Å². The Morgan fingerprint density at radius 3 is 2.55 bits per heavy atom. The minimum Gasteiger partial charge on any atom is -0.454 e. The summed E-state index contributed by atoms with van der Waals surface area (Å²) in [6.07, 6.45) is 0. The van der Waals surface area contributed by atoms with E-state index in [0.29, 0.717) is 22.7 Å². The van der Waals surface area contributed by atoms with Crippen LogP contribution in [0.4, 0.5) is 10.1 Å². The van der Waals surface area contributed by atoms with Gasteiger partial charge in [-0.1, -0.05) is 0 Å². The van der Waals surface area contributed by atoms with Gasteiger partial charge in [-0.3, -0.25) is 4.31 Å². The number of benzene rings is 2. The Labute approximate surface area is 127 Å². The Hall–Kier alpha value is -2.28. The van der Waals surface area contributed by atoms with E-state index in [1.54, 1.807) is 25.1 Å². The molecule has 0 radical (unpaired) electrons. The van der Waals surface area contributed by atoms with Crippen LogP contribution in [0.25, 0.3) is 0 Å². The smallest absolute Gasteiger partial charge is 0.264 e. The fourth-order valence-corrected chi connectivity index (χ4v) is 3.66. The zero-order chi connectivity index (χ0) is 15.9. The van der Waals surface area contributed by atoms with Crippen molar-refractivity contribution in [3.8, 4) is 11.5 Å². The molecular weight excluding hydrogens is 309 g/mol. The first-order valence-electron chi connectivity index (χ1n) is 6.54. The third-order valence-corrected chi connectivity index (χ3v) is 5.44. The Kier molecular flexibility index (Phi) is 3.44. The van der Waals surface area contributed by atoms with Crippen LogP contribution in [0.5, 0.6) is 11.5 Å². The Bertz CT molecular complexity index is 835. The molecule has 2 aromatic rings. The second-order valence-corrected chi connectivity index (χ2v) is 6.86. The summed E-state index contributed by atoms with van der Waals surface area (Å²) in [7, 11) is -2.35. The van der Waals surface area contributed by atoms with Crippen molar-refractivity contribution in [2.24, 2.45) is 0 Å². The fraction of sp³-hybridized carbons (Fsp3) is 0.200. The normalized spacial score (nSPS) is 13.2. The number of hydrogen-bond donors (Lipinski definition) is 0. The van der Waals surface area contributed by atoms with Crippen molar-refractivity contribution in [2.45, 2.75) is 11.8 Å². The summed E-state index contributed by atoms with van der Waals surface area (Å²) in [5, 5.41) is 0. The number of nitrogens with zero attached hydrogens (tertiary/aromatic N) is 1. The number of sulfonamides is 1. The molecule has 1 aliphatic heterocycles. The third kappa shape index (κ3) is 2.37. The monoisotopic (exact) mass is 323 g/mol. The summed E-state index contributed by atoms with van der Waals surface area (Å²) in [4.78, 5) is 0.0640. The van der Waals surface area contributed by atoms with Crippen LogP contribution in [0.1, 0.15) is 5.56 Å². The van der Waals surface area contributed by atoms with Crippen LogP contribution in [-0.2, 0) is 10.0 Å². The molecule has 3 rings (SSSR count). The molecule has 0 aromatic heterocycles. The van der Waals surface area contributed by atoms with Crippen LogP contribution in [0.15, 0.2) is 41.3 Å². The average Bonchev–Trinajstić information content (AvgIpc) is 2.93. The van der Waals surface area contributed by atoms with Gasteiger partial charge in [-0.25, -0.2) is 12.8 Å². The quantitative estimate of drug-likeness (QED) is 0.871. The standard InChI is InChI=1S/C15H14FNO4S/c1-10-7-11(16)3-6-15(10)22(18,19)17(2)12-4-5-13-14(8-12)21-9-20-13/h3-8H,9H2,1-2H3. The minimum atomic E-state index is -3.79. The minimum absolute atomic E-state index is 0.0640. The lowest BCUT2D eigenvalue weighted by atomic mass is 10.2. The van der Waals surface area contributed by atoms with E-state index in [2.05, 4.69) is 0 Å². The van der Waals surface area contributed by atoms with Crippen molar-refractivity contribution < 1.29 is 22.3 Å². The van der Waals surface area contributed by atoms with Gasteiger partial charge in [0.05, 0.1) is 10.6 Å². The Balaban J connectivity index is 2.01. The number of fused-ring (bicyclic) bond motifs is 1. The van der Waals surface area contributed by atoms with Crippen LogP contribution in [0.3, 0.4) is 0 Å². The predicted molar refractivity (Wildman–Crippen MR) is 79.3 cm³/mol. The summed E-state index contributed by atoms with van der Waals surface area (Å²) in [6.45, 7) is 1.68. The summed E-state index contributed by atoms with van der Waals surface area (Å²) in [6, 6.07) is 8.47. The zero-order valence-electron chi connectivity index (χ0n) is 12.0. The predicted octanol–water partition coefficient (Wildman–Crippen LogP) is 2.69. The number of rotatable bonds is 3. The Morgan fingerprint density at radius 1 is 1.09 bits per heavy atom. The largest absolute Gasteiger partial charge is 0.454 e. The second kappa shape index (κ2) is 5.17. The van der Waals surface area contributed by atoms with E-state index in [0.717, 1.165) is 10.4 Å². The van der Waals surface area contributed by atoms with Gasteiger partial charge < -0.3 is 9.47 Å². The highest BCUT2D eigenvalue weighted by atomic mass is 32.2. The summed E-state index contributed by atoms with van der Waals surface area (Å²) < 4.78 is 50.2. The van der Waals surface area contributed by atoms with Crippen molar-refractivity contribution in [3.63, 3.8) is 0 Å². The number of hydrogen-bond acceptors (Lipinski definition) is 4. The molecule has 0 amide bonds. The molecule has 2 aromatic carbocycles. The Morgan fingerprint density at radius 2 is 1.82 bits per heavy atom. The molecule has 0 unspecified atom stereocenters. The molecule has 0 spiro atoms. The first-order chi connectivity index (χ1) is 10.4. The lowest BCUT2D eigenvalue weighted by Crippen LogP contribution is -2.27. The van der Waals surface area contributed by atoms with Gasteiger partial charge in [-0.2, -0.15) is 0 Å². The van der Waals surface area contributed by atoms with E-state index in [-0.39, 0.29) is 11.7 Å². The fourth-order valence-electron chi connectivity index (χ4n) is 2.27. The number of ether oxygens (including phenoxy) is 2. The molecule has 0 saturated carbocycles. The van der Waals surface area contributed by atoms with Gasteiger partial charge in [0.25, 0.3) is 10.0 Å². The molecule has 0 atom stereocenters. The maximum atomic E-state index is 13.2. The van der Waals surface area contributed by atoms with Crippen molar-refractivity contribution in [1.29, 1.82) is 0 Å². The van der Waals surface area contributed by atoms with Gasteiger partial charge in [0.15, 0.2) is 11.5 Å². The summed E-state index contributed by atoms with van der Waals surface area (Å²) in [5.74, 6) is 0.602. The van der Waals surface area contributed by atoms with E-state index < -0.39 is 15.8 Å². The number of anilines is 1. The van der Waals surface area contributed by atoms with Gasteiger partial charge in [0.1, 0.15) is 5.82 Å². The summed E-state index contributed by atoms with van der Waals surface area (Å²) >= 11 is 0. The molecule has 0 N–H and O–H groups in total. The van der Waals surface area contributed by atoms with Crippen LogP contribution in [-0.4, -0.2) is 22.3 Å². The lowest BCUT2D eigenvalue weighted by molar-refractivity contribution is 0.174. The first kappa shape index (κ1) is 14.6. The number of halogens is 1. The molecule has 0 aliphatic carbocycles. The molecule has 22 heavy (non-hydrogen) atoms. The van der Waals surface area contributed by atoms with E-state index in [4.69, 9.17) is 9.47 Å². The van der Waals surface area contributed by atoms with Crippen molar-refractivity contribution in [2.75, 3.05) is 18.1 Å². The average molecular weight is 323 g/mol. The van der Waals surface area contributed by atoms with Crippen molar-refractivity contribution >= 4 is 15.7 Å². The lowest BCUT2D eigenvalue weighted by Gasteiger charge is -2.21. The molecule has 0 saturated heterocycles. The van der Waals surface area contributed by atoms with Crippen LogP contribution in [0.2, 0.25) is 0 Å². The van der Waals surface area contributed by atoms with Gasteiger partial charge >= 0.3 is 0 Å². The highest BCUT2D eigenvalue weighted by Gasteiger charge is 2.25. The first-order valence-corrected chi connectivity index (χ1v) is 7.98.